The third kappa shape index (κ3) is 10.4. The maximum Gasteiger partial charge on any atom is 0.280 e. The van der Waals surface area contributed by atoms with E-state index in [1.54, 1.807) is 50.2 Å². The Kier molecular flexibility index (Phi) is 15.5. The molecule has 4 atom stereocenters. The van der Waals surface area contributed by atoms with Crippen molar-refractivity contribution in [3.05, 3.63) is 48.2 Å². The number of amides is 4. The molecule has 0 fully saturated rings. The number of methoxy groups -OCH3 is 2. The van der Waals surface area contributed by atoms with Gasteiger partial charge in [-0.3, -0.25) is 29.0 Å². The Bertz CT molecular complexity index is 1670. The zero-order chi connectivity index (χ0) is 39.4. The second-order valence-electron chi connectivity index (χ2n) is 12.6. The van der Waals surface area contributed by atoms with E-state index in [-0.39, 0.29) is 36.6 Å². The van der Waals surface area contributed by atoms with Crippen LogP contribution in [-0.4, -0.2) is 101 Å². The summed E-state index contributed by atoms with van der Waals surface area (Å²) >= 11 is 0. The molecule has 0 saturated carbocycles. The Morgan fingerprint density at radius 2 is 1.58 bits per heavy atom. The molecule has 0 spiro atoms. The summed E-state index contributed by atoms with van der Waals surface area (Å²) in [4.78, 5) is 63.3. The molecule has 0 bridgehead atoms. The fraction of sp³-hybridized carbons (Fsp3) is 0.486. The maximum atomic E-state index is 13.2. The van der Waals surface area contributed by atoms with Crippen LogP contribution in [-0.2, 0) is 14.4 Å². The van der Waals surface area contributed by atoms with E-state index in [1.165, 1.54) is 38.7 Å². The summed E-state index contributed by atoms with van der Waals surface area (Å²) in [6.45, 7) is 12.9. The van der Waals surface area contributed by atoms with E-state index >= 15 is 0 Å². The molecule has 16 heteroatoms. The number of benzene rings is 2. The Morgan fingerprint density at radius 3 is 2.15 bits per heavy atom. The number of anilines is 1. The number of aliphatic imine (C=N–C) groups is 1. The monoisotopic (exact) mass is 739 g/mol. The van der Waals surface area contributed by atoms with Crippen LogP contribution in [0.5, 0.6) is 23.0 Å². The van der Waals surface area contributed by atoms with Crippen LogP contribution in [0.1, 0.15) is 68.2 Å². The number of carbonyl (C=O) groups excluding carboxylic acids is 4. The number of hydroxylamine groups is 2. The lowest BCUT2D eigenvalue weighted by Crippen LogP contribution is -2.55. The van der Waals surface area contributed by atoms with Crippen LogP contribution in [0.15, 0.2) is 42.0 Å². The average molecular weight is 740 g/mol. The zero-order valence-electron chi connectivity index (χ0n) is 32.0. The Hall–Kier alpha value is -5.35. The minimum Gasteiger partial charge on any atom is -0.493 e. The number of fused-ring (bicyclic) bond motifs is 1. The van der Waals surface area contributed by atoms with Crippen molar-refractivity contribution in [1.82, 2.24) is 21.0 Å². The molecule has 2 unspecified atom stereocenters. The maximum absolute atomic E-state index is 13.2. The van der Waals surface area contributed by atoms with Gasteiger partial charge in [0, 0.05) is 31.8 Å². The van der Waals surface area contributed by atoms with Gasteiger partial charge in [0.15, 0.2) is 23.0 Å². The van der Waals surface area contributed by atoms with Crippen molar-refractivity contribution >= 4 is 41.2 Å². The van der Waals surface area contributed by atoms with Crippen molar-refractivity contribution in [1.29, 1.82) is 0 Å². The van der Waals surface area contributed by atoms with E-state index < -0.39 is 36.0 Å². The van der Waals surface area contributed by atoms with Gasteiger partial charge >= 0.3 is 0 Å². The van der Waals surface area contributed by atoms with Crippen molar-refractivity contribution < 1.29 is 43.0 Å². The minimum absolute atomic E-state index is 0.0994. The molecular weight excluding hydrogens is 686 g/mol. The number of rotatable bonds is 19. The fourth-order valence-corrected chi connectivity index (χ4v) is 5.29. The minimum atomic E-state index is -0.862. The molecule has 2 aromatic carbocycles. The summed E-state index contributed by atoms with van der Waals surface area (Å²) in [5, 5.41) is 9.37. The van der Waals surface area contributed by atoms with Crippen molar-refractivity contribution in [2.45, 2.75) is 71.8 Å². The summed E-state index contributed by atoms with van der Waals surface area (Å²) in [5.41, 5.74) is 7.34. The highest BCUT2D eigenvalue weighted by Crippen LogP contribution is 2.38. The third-order valence-electron chi connectivity index (χ3n) is 8.66. The van der Waals surface area contributed by atoms with Gasteiger partial charge in [-0.25, -0.2) is 5.06 Å². The van der Waals surface area contributed by atoms with Gasteiger partial charge < -0.3 is 45.5 Å². The van der Waals surface area contributed by atoms with Gasteiger partial charge in [0.25, 0.3) is 11.8 Å². The van der Waals surface area contributed by atoms with Gasteiger partial charge in [0.05, 0.1) is 75.3 Å². The molecule has 16 nitrogen and oxygen atoms in total. The van der Waals surface area contributed by atoms with Crippen LogP contribution in [0, 0.1) is 5.92 Å². The average Bonchev–Trinajstić information content (AvgIpc) is 3.27. The normalized spacial score (nSPS) is 15.3. The molecule has 4 amide bonds. The Morgan fingerprint density at radius 1 is 0.962 bits per heavy atom. The first-order valence-electron chi connectivity index (χ1n) is 17.3. The van der Waals surface area contributed by atoms with Gasteiger partial charge in [0.1, 0.15) is 6.04 Å². The third-order valence-corrected chi connectivity index (χ3v) is 8.66. The number of nitrogens with zero attached hydrogens (tertiary/aromatic N) is 3. The van der Waals surface area contributed by atoms with Crippen LogP contribution >= 0.6 is 0 Å². The highest BCUT2D eigenvalue weighted by atomic mass is 16.7. The zero-order valence-corrected chi connectivity index (χ0v) is 32.0. The van der Waals surface area contributed by atoms with Gasteiger partial charge in [0.2, 0.25) is 11.8 Å². The topological polar surface area (TPSA) is 195 Å². The summed E-state index contributed by atoms with van der Waals surface area (Å²) in [7, 11) is 6.09. The highest BCUT2D eigenvalue weighted by Gasteiger charge is 2.30. The molecule has 1 aliphatic heterocycles. The van der Waals surface area contributed by atoms with E-state index in [2.05, 4.69) is 27.5 Å². The lowest BCUT2D eigenvalue weighted by atomic mass is 10.0. The molecule has 2 aromatic rings. The quantitative estimate of drug-likeness (QED) is 0.122. The summed E-state index contributed by atoms with van der Waals surface area (Å²) in [6.07, 6.45) is 3.35. The predicted molar refractivity (Wildman–Crippen MR) is 201 cm³/mol. The second-order valence-corrected chi connectivity index (χ2v) is 12.6. The van der Waals surface area contributed by atoms with Crippen molar-refractivity contribution in [2.75, 3.05) is 46.5 Å². The number of nitrogens with two attached hydrogens (primary N) is 1. The van der Waals surface area contributed by atoms with Gasteiger partial charge in [-0.15, -0.1) is 0 Å². The smallest absolute Gasteiger partial charge is 0.280 e. The number of carbonyl (C=O) groups is 4. The fourth-order valence-electron chi connectivity index (χ4n) is 5.29. The summed E-state index contributed by atoms with van der Waals surface area (Å²) < 4.78 is 23.2. The number of nitrogens with one attached hydrogen (secondary N) is 3. The van der Waals surface area contributed by atoms with Gasteiger partial charge in [-0.1, -0.05) is 27.4 Å². The molecule has 0 radical (unpaired) electrons. The lowest BCUT2D eigenvalue weighted by molar-refractivity contribution is -0.130. The molecular formula is C37H53N7O9. The van der Waals surface area contributed by atoms with E-state index in [9.17, 15) is 19.2 Å². The largest absolute Gasteiger partial charge is 0.493 e. The number of hydrogen-bond acceptors (Lipinski definition) is 12. The highest BCUT2D eigenvalue weighted by molar-refractivity contribution is 6.03. The molecule has 0 aromatic heterocycles. The second kappa shape index (κ2) is 19.5. The standard InChI is InChI=1S/C37H53N7O9/c1-11-24-20-40-27-18-31(29(49-8)16-25(27)37(48)44(24)51-10)52-14-13-15-53-32-19-28(26(17-30(32)50-9)35(46)39-12-2)43(7)23(6)42-34(45)22(5)41-36(47)33(38)21(3)4/h12,16-24,33H,2,11,13-15,38H2,1,3-10H3,(H,39,46)(H,41,47)(H,42,45)/t22-,23?,24?,33-/m0/s1. The Balaban J connectivity index is 1.75. The molecule has 0 saturated heterocycles. The molecule has 1 heterocycles. The summed E-state index contributed by atoms with van der Waals surface area (Å²) in [5.74, 6) is -0.350. The molecule has 5 N–H and O–H groups in total. The molecule has 1 aliphatic rings. The van der Waals surface area contributed by atoms with Crippen LogP contribution in [0.25, 0.3) is 0 Å². The molecule has 290 valence electrons. The first-order valence-corrected chi connectivity index (χ1v) is 17.3. The van der Waals surface area contributed by atoms with Crippen LogP contribution in [0.3, 0.4) is 0 Å². The van der Waals surface area contributed by atoms with Gasteiger partial charge in [-0.05, 0) is 44.5 Å². The van der Waals surface area contributed by atoms with Crippen molar-refractivity contribution in [3.8, 4) is 23.0 Å². The van der Waals surface area contributed by atoms with E-state index in [1.807, 2.05) is 20.8 Å². The summed E-state index contributed by atoms with van der Waals surface area (Å²) in [6, 6.07) is 4.48. The SMILES string of the molecule is C=CNC(=O)c1cc(OC)c(OCCCOc2cc3c(cc2OC)C(=O)N(OC)C(CC)C=N3)cc1N(C)C(C)NC(=O)[C@H](C)NC(=O)[C@@H](N)C(C)C. The number of hydrogen-bond donors (Lipinski definition) is 4. The first kappa shape index (κ1) is 42.1. The van der Waals surface area contributed by atoms with Crippen LogP contribution in [0.2, 0.25) is 0 Å². The van der Waals surface area contributed by atoms with Crippen LogP contribution < -0.4 is 45.5 Å². The van der Waals surface area contributed by atoms with E-state index in [4.69, 9.17) is 29.5 Å². The molecule has 53 heavy (non-hydrogen) atoms. The molecule has 3 rings (SSSR count). The van der Waals surface area contributed by atoms with Crippen LogP contribution in [0.4, 0.5) is 11.4 Å². The van der Waals surface area contributed by atoms with Gasteiger partial charge in [-0.2, -0.15) is 0 Å². The predicted octanol–water partition coefficient (Wildman–Crippen LogP) is 3.31. The Labute approximate surface area is 310 Å². The number of ether oxygens (including phenoxy) is 4. The lowest BCUT2D eigenvalue weighted by Gasteiger charge is -2.31. The first-order chi connectivity index (χ1) is 25.2. The van der Waals surface area contributed by atoms with E-state index in [0.29, 0.717) is 52.8 Å². The molecule has 0 aliphatic carbocycles. The van der Waals surface area contributed by atoms with Crippen molar-refractivity contribution in [3.63, 3.8) is 0 Å². The van der Waals surface area contributed by atoms with Crippen molar-refractivity contribution in [2.24, 2.45) is 16.6 Å². The van der Waals surface area contributed by atoms with E-state index in [0.717, 1.165) is 0 Å².